The summed E-state index contributed by atoms with van der Waals surface area (Å²) in [4.78, 5) is 3.95. The Balaban J connectivity index is 2.62. The Morgan fingerprint density at radius 2 is 2.12 bits per heavy atom. The number of sulfonamides is 1. The predicted octanol–water partition coefficient (Wildman–Crippen LogP) is 2.63. The van der Waals surface area contributed by atoms with Crippen LogP contribution < -0.4 is 4.72 Å². The zero-order valence-corrected chi connectivity index (χ0v) is 11.7. The number of pyridine rings is 1. The van der Waals surface area contributed by atoms with Crippen molar-refractivity contribution in [3.05, 3.63) is 22.9 Å². The summed E-state index contributed by atoms with van der Waals surface area (Å²) >= 11 is 3.19. The van der Waals surface area contributed by atoms with Crippen LogP contribution in [0.1, 0.15) is 20.3 Å². The summed E-state index contributed by atoms with van der Waals surface area (Å²) in [5.41, 5.74) is 0.493. The number of anilines is 1. The lowest BCUT2D eigenvalue weighted by Crippen LogP contribution is -2.17. The maximum atomic E-state index is 11.6. The molecule has 0 aliphatic carbocycles. The Hall–Kier alpha value is -0.620. The van der Waals surface area contributed by atoms with Gasteiger partial charge in [0.2, 0.25) is 10.0 Å². The fraction of sp³-hybridized carbons (Fsp3) is 0.500. The van der Waals surface area contributed by atoms with Crippen molar-refractivity contribution in [2.24, 2.45) is 5.92 Å². The maximum Gasteiger partial charge on any atom is 0.232 e. The lowest BCUT2D eigenvalue weighted by molar-refractivity contribution is 0.578. The van der Waals surface area contributed by atoms with Crippen molar-refractivity contribution in [1.29, 1.82) is 0 Å². The van der Waals surface area contributed by atoms with Crippen molar-refractivity contribution in [2.45, 2.75) is 20.3 Å². The molecule has 1 aromatic heterocycles. The van der Waals surface area contributed by atoms with Crippen LogP contribution >= 0.6 is 15.9 Å². The van der Waals surface area contributed by atoms with Crippen LogP contribution in [-0.4, -0.2) is 19.2 Å². The molecule has 0 fully saturated rings. The minimum atomic E-state index is -3.25. The van der Waals surface area contributed by atoms with Gasteiger partial charge < -0.3 is 0 Å². The van der Waals surface area contributed by atoms with Gasteiger partial charge in [0, 0.05) is 0 Å². The third-order valence-corrected chi connectivity index (χ3v) is 3.75. The summed E-state index contributed by atoms with van der Waals surface area (Å²) in [5, 5.41) is 0. The first-order valence-corrected chi connectivity index (χ1v) is 7.45. The van der Waals surface area contributed by atoms with Crippen LogP contribution in [0, 0.1) is 5.92 Å². The Kier molecular flexibility index (Phi) is 4.73. The number of hydrogen-bond acceptors (Lipinski definition) is 3. The molecule has 0 spiro atoms. The van der Waals surface area contributed by atoms with Crippen molar-refractivity contribution < 1.29 is 8.42 Å². The van der Waals surface area contributed by atoms with E-state index < -0.39 is 10.0 Å². The van der Waals surface area contributed by atoms with E-state index >= 15 is 0 Å². The molecule has 16 heavy (non-hydrogen) atoms. The normalized spacial score (nSPS) is 11.8. The van der Waals surface area contributed by atoms with E-state index in [1.807, 2.05) is 13.8 Å². The van der Waals surface area contributed by atoms with Crippen molar-refractivity contribution in [3.8, 4) is 0 Å². The molecule has 0 saturated heterocycles. The average molecular weight is 307 g/mol. The molecule has 90 valence electrons. The predicted molar refractivity (Wildman–Crippen MR) is 68.8 cm³/mol. The van der Waals surface area contributed by atoms with Crippen LogP contribution in [-0.2, 0) is 10.0 Å². The van der Waals surface area contributed by atoms with E-state index in [2.05, 4.69) is 25.6 Å². The highest BCUT2D eigenvalue weighted by Gasteiger charge is 2.11. The first-order chi connectivity index (χ1) is 7.39. The Morgan fingerprint density at radius 1 is 1.44 bits per heavy atom. The smallest absolute Gasteiger partial charge is 0.232 e. The van der Waals surface area contributed by atoms with Crippen molar-refractivity contribution in [2.75, 3.05) is 10.5 Å². The van der Waals surface area contributed by atoms with Crippen molar-refractivity contribution in [1.82, 2.24) is 4.98 Å². The monoisotopic (exact) mass is 306 g/mol. The zero-order valence-electron chi connectivity index (χ0n) is 9.27. The number of halogens is 1. The van der Waals surface area contributed by atoms with Gasteiger partial charge >= 0.3 is 0 Å². The summed E-state index contributed by atoms with van der Waals surface area (Å²) in [6, 6.07) is 3.37. The van der Waals surface area contributed by atoms with E-state index in [0.29, 0.717) is 22.6 Å². The molecule has 0 atom stereocenters. The summed E-state index contributed by atoms with van der Waals surface area (Å²) in [6.45, 7) is 3.99. The first-order valence-electron chi connectivity index (χ1n) is 5.01. The van der Waals surface area contributed by atoms with E-state index in [1.165, 1.54) is 6.20 Å². The van der Waals surface area contributed by atoms with Crippen molar-refractivity contribution >= 4 is 31.6 Å². The summed E-state index contributed by atoms with van der Waals surface area (Å²) in [6.07, 6.45) is 2.14. The van der Waals surface area contributed by atoms with E-state index in [9.17, 15) is 8.42 Å². The molecule has 0 bridgehead atoms. The van der Waals surface area contributed by atoms with Gasteiger partial charge in [-0.25, -0.2) is 13.4 Å². The third kappa shape index (κ3) is 4.94. The lowest BCUT2D eigenvalue weighted by atomic mass is 10.2. The van der Waals surface area contributed by atoms with Crippen LogP contribution in [0.15, 0.2) is 22.9 Å². The second-order valence-corrected chi connectivity index (χ2v) is 6.63. The number of hydrogen-bond donors (Lipinski definition) is 1. The first kappa shape index (κ1) is 13.4. The molecule has 0 aromatic carbocycles. The van der Waals surface area contributed by atoms with Gasteiger partial charge in [-0.2, -0.15) is 0 Å². The molecule has 1 heterocycles. The molecule has 0 amide bonds. The molecule has 1 aromatic rings. The molecular weight excluding hydrogens is 292 g/mol. The molecule has 0 radical (unpaired) electrons. The van der Waals surface area contributed by atoms with Crippen LogP contribution in [0.3, 0.4) is 0 Å². The fourth-order valence-electron chi connectivity index (χ4n) is 1.06. The quantitative estimate of drug-likeness (QED) is 0.851. The number of rotatable bonds is 5. The standard InChI is InChI=1S/C10H15BrN2O2S/c1-8(2)5-6-16(14,15)13-9-3-4-10(11)12-7-9/h3-4,7-8,13H,5-6H2,1-2H3. The number of nitrogens with one attached hydrogen (secondary N) is 1. The van der Waals surface area contributed by atoms with Crippen molar-refractivity contribution in [3.63, 3.8) is 0 Å². The number of nitrogens with zero attached hydrogens (tertiary/aromatic N) is 1. The van der Waals surface area contributed by atoms with E-state index in [-0.39, 0.29) is 5.75 Å². The van der Waals surface area contributed by atoms with Crippen LogP contribution in [0.4, 0.5) is 5.69 Å². The van der Waals surface area contributed by atoms with E-state index in [1.54, 1.807) is 12.1 Å². The molecule has 6 heteroatoms. The van der Waals surface area contributed by atoms with E-state index in [0.717, 1.165) is 0 Å². The summed E-state index contributed by atoms with van der Waals surface area (Å²) in [7, 11) is -3.25. The van der Waals surface area contributed by atoms with Crippen LogP contribution in [0.25, 0.3) is 0 Å². The Labute approximate surface area is 105 Å². The number of aromatic nitrogens is 1. The van der Waals surface area contributed by atoms with Gasteiger partial charge in [-0.1, -0.05) is 13.8 Å². The molecule has 0 aliphatic heterocycles. The van der Waals surface area contributed by atoms with Crippen LogP contribution in [0.2, 0.25) is 0 Å². The third-order valence-electron chi connectivity index (χ3n) is 1.96. The Morgan fingerprint density at radius 3 is 2.62 bits per heavy atom. The molecule has 1 rings (SSSR count). The summed E-state index contributed by atoms with van der Waals surface area (Å²) < 4.78 is 26.4. The Bertz CT molecular complexity index is 429. The van der Waals surface area contributed by atoms with Gasteiger partial charge in [0.1, 0.15) is 4.60 Å². The average Bonchev–Trinajstić information content (AvgIpc) is 2.19. The summed E-state index contributed by atoms with van der Waals surface area (Å²) in [5.74, 6) is 0.514. The highest BCUT2D eigenvalue weighted by atomic mass is 79.9. The molecular formula is C10H15BrN2O2S. The largest absolute Gasteiger partial charge is 0.282 e. The SMILES string of the molecule is CC(C)CCS(=O)(=O)Nc1ccc(Br)nc1. The van der Waals surface area contributed by atoms with E-state index in [4.69, 9.17) is 0 Å². The highest BCUT2D eigenvalue weighted by Crippen LogP contribution is 2.13. The molecule has 4 nitrogen and oxygen atoms in total. The van der Waals surface area contributed by atoms with Gasteiger partial charge in [0.05, 0.1) is 17.6 Å². The van der Waals surface area contributed by atoms with Gasteiger partial charge in [0.15, 0.2) is 0 Å². The van der Waals surface area contributed by atoms with Gasteiger partial charge in [-0.15, -0.1) is 0 Å². The van der Waals surface area contributed by atoms with Gasteiger partial charge in [-0.05, 0) is 40.4 Å². The van der Waals surface area contributed by atoms with Gasteiger partial charge in [0.25, 0.3) is 0 Å². The molecule has 0 unspecified atom stereocenters. The fourth-order valence-corrected chi connectivity index (χ4v) is 2.66. The second-order valence-electron chi connectivity index (χ2n) is 3.97. The topological polar surface area (TPSA) is 59.1 Å². The maximum absolute atomic E-state index is 11.6. The molecule has 0 aliphatic rings. The van der Waals surface area contributed by atoms with Crippen LogP contribution in [0.5, 0.6) is 0 Å². The lowest BCUT2D eigenvalue weighted by Gasteiger charge is -2.08. The molecule has 1 N–H and O–H groups in total. The van der Waals surface area contributed by atoms with Gasteiger partial charge in [-0.3, -0.25) is 4.72 Å². The minimum absolute atomic E-state index is 0.140. The zero-order chi connectivity index (χ0) is 12.2. The molecule has 0 saturated carbocycles. The minimum Gasteiger partial charge on any atom is -0.282 e. The second kappa shape index (κ2) is 5.63. The highest BCUT2D eigenvalue weighted by molar-refractivity contribution is 9.10.